The lowest BCUT2D eigenvalue weighted by Crippen LogP contribution is -2.39. The molecule has 0 aliphatic carbocycles. The number of aromatic nitrogens is 1. The van der Waals surface area contributed by atoms with Gasteiger partial charge in [-0.05, 0) is 12.3 Å². The second-order valence-electron chi connectivity index (χ2n) is 7.38. The van der Waals surface area contributed by atoms with Crippen LogP contribution in [0.1, 0.15) is 59.0 Å². The molecule has 19 heavy (non-hydrogen) atoms. The molecule has 1 rings (SSSR count). The molecule has 0 aliphatic rings. The Hall–Kier alpha value is -0.610. The lowest BCUT2D eigenvalue weighted by molar-refractivity contribution is 0.329. The Bertz CT molecular complexity index is 424. The molecular weight excluding hydrogens is 254 g/mol. The van der Waals surface area contributed by atoms with Gasteiger partial charge in [0.2, 0.25) is 0 Å². The summed E-state index contributed by atoms with van der Waals surface area (Å²) in [5, 5.41) is 1.08. The van der Waals surface area contributed by atoms with Gasteiger partial charge in [-0.3, -0.25) is 0 Å². The molecule has 1 unspecified atom stereocenters. The minimum atomic E-state index is 0.0509. The summed E-state index contributed by atoms with van der Waals surface area (Å²) in [5.41, 5.74) is 7.29. The number of anilines is 1. The van der Waals surface area contributed by atoms with Gasteiger partial charge in [-0.15, -0.1) is 11.3 Å². The van der Waals surface area contributed by atoms with Gasteiger partial charge in [-0.2, -0.15) is 0 Å². The molecule has 0 fully saturated rings. The maximum atomic E-state index is 5.87. The van der Waals surface area contributed by atoms with Gasteiger partial charge in [0, 0.05) is 29.9 Å². The van der Waals surface area contributed by atoms with Gasteiger partial charge in [0.05, 0.1) is 5.69 Å². The molecule has 3 nitrogen and oxygen atoms in total. The zero-order chi connectivity index (χ0) is 15.0. The van der Waals surface area contributed by atoms with Gasteiger partial charge >= 0.3 is 0 Å². The molecule has 2 N–H and O–H groups in total. The van der Waals surface area contributed by atoms with Crippen LogP contribution in [0.3, 0.4) is 0 Å². The topological polar surface area (TPSA) is 42.2 Å². The van der Waals surface area contributed by atoms with Crippen LogP contribution in [0.4, 0.5) is 5.13 Å². The second kappa shape index (κ2) is 5.41. The second-order valence-corrected chi connectivity index (χ2v) is 8.44. The van der Waals surface area contributed by atoms with Crippen molar-refractivity contribution in [3.8, 4) is 0 Å². The van der Waals surface area contributed by atoms with Crippen molar-refractivity contribution in [3.05, 3.63) is 10.6 Å². The first-order chi connectivity index (χ1) is 8.48. The monoisotopic (exact) mass is 283 g/mol. The molecule has 4 heteroatoms. The Morgan fingerprint density at radius 2 is 1.74 bits per heavy atom. The van der Waals surface area contributed by atoms with Crippen LogP contribution in [0.5, 0.6) is 0 Å². The average molecular weight is 283 g/mol. The largest absolute Gasteiger partial charge is 0.348 e. The fraction of sp³-hybridized carbons (Fsp3) is 0.800. The van der Waals surface area contributed by atoms with Crippen molar-refractivity contribution in [1.29, 1.82) is 0 Å². The SMILES string of the molecule is CC(N(C)c1nc(C(C)(C)C)c(CN)s1)C(C)(C)C. The van der Waals surface area contributed by atoms with Gasteiger partial charge in [0.15, 0.2) is 5.13 Å². The van der Waals surface area contributed by atoms with E-state index in [9.17, 15) is 0 Å². The van der Waals surface area contributed by atoms with Crippen molar-refractivity contribution in [2.75, 3.05) is 11.9 Å². The number of hydrogen-bond acceptors (Lipinski definition) is 4. The van der Waals surface area contributed by atoms with Crippen LogP contribution < -0.4 is 10.6 Å². The Labute approximate surface area is 122 Å². The first kappa shape index (κ1) is 16.4. The third-order valence-corrected chi connectivity index (χ3v) is 4.89. The van der Waals surface area contributed by atoms with Crippen molar-refractivity contribution in [2.24, 2.45) is 11.1 Å². The van der Waals surface area contributed by atoms with Gasteiger partial charge in [-0.25, -0.2) is 4.98 Å². The first-order valence-corrected chi connectivity index (χ1v) is 7.73. The normalized spacial score (nSPS) is 14.6. The Kier molecular flexibility index (Phi) is 4.68. The average Bonchev–Trinajstić information content (AvgIpc) is 2.69. The molecule has 0 spiro atoms. The summed E-state index contributed by atoms with van der Waals surface area (Å²) >= 11 is 1.73. The van der Waals surface area contributed by atoms with E-state index in [0.717, 1.165) is 10.8 Å². The van der Waals surface area contributed by atoms with E-state index in [0.29, 0.717) is 12.6 Å². The van der Waals surface area contributed by atoms with Gasteiger partial charge in [0.25, 0.3) is 0 Å². The van der Waals surface area contributed by atoms with E-state index in [1.807, 2.05) is 0 Å². The molecular formula is C15H29N3S. The van der Waals surface area contributed by atoms with E-state index < -0.39 is 0 Å². The number of nitrogens with two attached hydrogens (primary N) is 1. The highest BCUT2D eigenvalue weighted by Crippen LogP contribution is 2.35. The molecule has 0 saturated carbocycles. The molecule has 0 aliphatic heterocycles. The summed E-state index contributed by atoms with van der Waals surface area (Å²) in [6, 6.07) is 0.428. The maximum Gasteiger partial charge on any atom is 0.185 e. The first-order valence-electron chi connectivity index (χ1n) is 6.91. The fourth-order valence-electron chi connectivity index (χ4n) is 1.96. The summed E-state index contributed by atoms with van der Waals surface area (Å²) in [6.45, 7) is 16.2. The Balaban J connectivity index is 3.13. The number of thiazole rings is 1. The highest BCUT2D eigenvalue weighted by atomic mass is 32.1. The highest BCUT2D eigenvalue weighted by Gasteiger charge is 2.28. The van der Waals surface area contributed by atoms with Crippen LogP contribution in [0, 0.1) is 5.41 Å². The third kappa shape index (κ3) is 3.69. The lowest BCUT2D eigenvalue weighted by Gasteiger charge is -2.35. The molecule has 1 heterocycles. The van der Waals surface area contributed by atoms with Crippen molar-refractivity contribution in [1.82, 2.24) is 4.98 Å². The molecule has 0 radical (unpaired) electrons. The van der Waals surface area contributed by atoms with Crippen LogP contribution in [-0.4, -0.2) is 18.1 Å². The van der Waals surface area contributed by atoms with Crippen molar-refractivity contribution in [3.63, 3.8) is 0 Å². The van der Waals surface area contributed by atoms with E-state index in [1.165, 1.54) is 4.88 Å². The third-order valence-electron chi connectivity index (χ3n) is 3.72. The van der Waals surface area contributed by atoms with Crippen LogP contribution in [-0.2, 0) is 12.0 Å². The Morgan fingerprint density at radius 3 is 2.05 bits per heavy atom. The summed E-state index contributed by atoms with van der Waals surface area (Å²) in [4.78, 5) is 8.33. The zero-order valence-electron chi connectivity index (χ0n) is 13.7. The molecule has 0 amide bonds. The van der Waals surface area contributed by atoms with Crippen LogP contribution in [0.15, 0.2) is 0 Å². The van der Waals surface area contributed by atoms with Gasteiger partial charge in [-0.1, -0.05) is 41.5 Å². The lowest BCUT2D eigenvalue weighted by atomic mass is 9.87. The van der Waals surface area contributed by atoms with Crippen LogP contribution in [0.25, 0.3) is 0 Å². The number of rotatable bonds is 3. The van der Waals surface area contributed by atoms with Crippen molar-refractivity contribution >= 4 is 16.5 Å². The number of nitrogens with zero attached hydrogens (tertiary/aromatic N) is 2. The molecule has 1 atom stereocenters. The standard InChI is InChI=1S/C15H29N3S/c1-10(14(2,3)4)18(8)13-17-12(15(5,6)7)11(9-16)19-13/h10H,9,16H2,1-8H3. The maximum absolute atomic E-state index is 5.87. The van der Waals surface area contributed by atoms with Gasteiger partial charge in [0.1, 0.15) is 0 Å². The molecule has 1 aromatic heterocycles. The summed E-state index contributed by atoms with van der Waals surface area (Å²) in [5.74, 6) is 0. The zero-order valence-corrected chi connectivity index (χ0v) is 14.5. The molecule has 0 bridgehead atoms. The molecule has 0 aromatic carbocycles. The summed E-state index contributed by atoms with van der Waals surface area (Å²) in [6.07, 6.45) is 0. The van der Waals surface area contributed by atoms with Crippen molar-refractivity contribution in [2.45, 2.75) is 66.5 Å². The molecule has 1 aromatic rings. The van der Waals surface area contributed by atoms with E-state index in [1.54, 1.807) is 11.3 Å². The van der Waals surface area contributed by atoms with E-state index in [2.05, 4.69) is 60.4 Å². The predicted molar refractivity (Wildman–Crippen MR) is 86.0 cm³/mol. The van der Waals surface area contributed by atoms with E-state index in [-0.39, 0.29) is 10.8 Å². The summed E-state index contributed by atoms with van der Waals surface area (Å²) < 4.78 is 0. The molecule has 0 saturated heterocycles. The smallest absolute Gasteiger partial charge is 0.185 e. The van der Waals surface area contributed by atoms with E-state index in [4.69, 9.17) is 10.7 Å². The van der Waals surface area contributed by atoms with Gasteiger partial charge < -0.3 is 10.6 Å². The number of hydrogen-bond donors (Lipinski definition) is 1. The Morgan fingerprint density at radius 1 is 1.21 bits per heavy atom. The fourth-order valence-corrected chi connectivity index (χ4v) is 3.15. The predicted octanol–water partition coefficient (Wildman–Crippen LogP) is 3.77. The van der Waals surface area contributed by atoms with Crippen molar-refractivity contribution < 1.29 is 0 Å². The van der Waals surface area contributed by atoms with Crippen LogP contribution >= 0.6 is 11.3 Å². The molecule has 110 valence electrons. The van der Waals surface area contributed by atoms with E-state index >= 15 is 0 Å². The summed E-state index contributed by atoms with van der Waals surface area (Å²) in [7, 11) is 2.13. The quantitative estimate of drug-likeness (QED) is 0.918. The minimum absolute atomic E-state index is 0.0509. The minimum Gasteiger partial charge on any atom is -0.348 e. The van der Waals surface area contributed by atoms with Crippen LogP contribution in [0.2, 0.25) is 0 Å². The highest BCUT2D eigenvalue weighted by molar-refractivity contribution is 7.15.